The lowest BCUT2D eigenvalue weighted by atomic mass is 9.78. The zero-order valence-electron chi connectivity index (χ0n) is 17.1. The SMILES string of the molecule is COc1ccccc1C(=O)NCc1c(F)cc(B2OC(C)(C)C(C)(C)O2)cc1F. The molecule has 3 rings (SSSR count). The first kappa shape index (κ1) is 21.3. The number of nitrogens with one attached hydrogen (secondary N) is 1. The van der Waals surface area contributed by atoms with Crippen LogP contribution in [0.25, 0.3) is 0 Å². The molecule has 1 amide bonds. The molecule has 0 aliphatic carbocycles. The molecule has 0 aromatic heterocycles. The van der Waals surface area contributed by atoms with Crippen molar-refractivity contribution >= 4 is 18.5 Å². The number of rotatable bonds is 5. The highest BCUT2D eigenvalue weighted by Crippen LogP contribution is 2.36. The Morgan fingerprint density at radius 1 is 1.07 bits per heavy atom. The maximum Gasteiger partial charge on any atom is 0.495 e. The third-order valence-electron chi connectivity index (χ3n) is 5.47. The lowest BCUT2D eigenvalue weighted by Crippen LogP contribution is -2.41. The van der Waals surface area contributed by atoms with Crippen molar-refractivity contribution in [3.8, 4) is 5.75 Å². The van der Waals surface area contributed by atoms with E-state index in [9.17, 15) is 13.6 Å². The van der Waals surface area contributed by atoms with Gasteiger partial charge in [0.1, 0.15) is 17.4 Å². The van der Waals surface area contributed by atoms with Crippen LogP contribution in [0.4, 0.5) is 8.78 Å². The summed E-state index contributed by atoms with van der Waals surface area (Å²) in [5.74, 6) is -1.68. The monoisotopic (exact) mass is 403 g/mol. The van der Waals surface area contributed by atoms with E-state index in [-0.39, 0.29) is 23.1 Å². The van der Waals surface area contributed by atoms with Crippen LogP contribution in [-0.4, -0.2) is 31.3 Å². The summed E-state index contributed by atoms with van der Waals surface area (Å²) in [7, 11) is 0.570. The van der Waals surface area contributed by atoms with Crippen LogP contribution >= 0.6 is 0 Å². The molecule has 0 bridgehead atoms. The lowest BCUT2D eigenvalue weighted by Gasteiger charge is -2.32. The lowest BCUT2D eigenvalue weighted by molar-refractivity contribution is 0.00578. The second-order valence-corrected chi connectivity index (χ2v) is 7.93. The molecule has 0 spiro atoms. The molecule has 1 heterocycles. The van der Waals surface area contributed by atoms with Crippen molar-refractivity contribution in [2.75, 3.05) is 7.11 Å². The van der Waals surface area contributed by atoms with Gasteiger partial charge in [-0.05, 0) is 57.4 Å². The molecule has 5 nitrogen and oxygen atoms in total. The number of carbonyl (C=O) groups excluding carboxylic acids is 1. The molecule has 29 heavy (non-hydrogen) atoms. The maximum absolute atomic E-state index is 14.6. The van der Waals surface area contributed by atoms with Gasteiger partial charge >= 0.3 is 7.12 Å². The molecule has 0 radical (unpaired) electrons. The summed E-state index contributed by atoms with van der Waals surface area (Å²) in [6, 6.07) is 8.96. The molecule has 1 aliphatic rings. The van der Waals surface area contributed by atoms with Crippen LogP contribution in [0.1, 0.15) is 43.6 Å². The number of methoxy groups -OCH3 is 1. The average Bonchev–Trinajstić information content (AvgIpc) is 2.88. The van der Waals surface area contributed by atoms with Crippen LogP contribution in [0.5, 0.6) is 5.75 Å². The number of carbonyl (C=O) groups is 1. The molecule has 0 unspecified atom stereocenters. The number of benzene rings is 2. The zero-order valence-corrected chi connectivity index (χ0v) is 17.1. The Labute approximate surface area is 169 Å². The van der Waals surface area contributed by atoms with Crippen LogP contribution in [0.2, 0.25) is 0 Å². The Bertz CT molecular complexity index is 894. The minimum absolute atomic E-state index is 0.242. The standard InChI is InChI=1S/C21H24BF2NO4/c1-20(2)21(3,4)29-22(28-20)13-10-16(23)15(17(24)11-13)12-25-19(26)14-8-6-7-9-18(14)27-5/h6-11H,12H2,1-5H3,(H,25,26). The summed E-state index contributed by atoms with van der Waals surface area (Å²) < 4.78 is 46.1. The third kappa shape index (κ3) is 4.14. The molecule has 2 aromatic rings. The number of amides is 1. The van der Waals surface area contributed by atoms with E-state index in [4.69, 9.17) is 14.0 Å². The highest BCUT2D eigenvalue weighted by atomic mass is 19.1. The fourth-order valence-electron chi connectivity index (χ4n) is 3.00. The molecule has 154 valence electrons. The minimum Gasteiger partial charge on any atom is -0.496 e. The Morgan fingerprint density at radius 3 is 2.17 bits per heavy atom. The first-order valence-electron chi connectivity index (χ1n) is 9.30. The van der Waals surface area contributed by atoms with Crippen LogP contribution in [0.3, 0.4) is 0 Å². The fraction of sp³-hybridized carbons (Fsp3) is 0.381. The highest BCUT2D eigenvalue weighted by molar-refractivity contribution is 6.62. The van der Waals surface area contributed by atoms with E-state index in [2.05, 4.69) is 5.32 Å². The van der Waals surface area contributed by atoms with E-state index in [1.807, 2.05) is 27.7 Å². The van der Waals surface area contributed by atoms with E-state index in [1.54, 1.807) is 24.3 Å². The molecule has 1 N–H and O–H groups in total. The molecule has 0 atom stereocenters. The topological polar surface area (TPSA) is 56.8 Å². The Morgan fingerprint density at radius 2 is 1.62 bits per heavy atom. The van der Waals surface area contributed by atoms with Crippen molar-refractivity contribution in [3.63, 3.8) is 0 Å². The van der Waals surface area contributed by atoms with Crippen molar-refractivity contribution < 1.29 is 27.6 Å². The summed E-state index contributed by atoms with van der Waals surface area (Å²) in [5, 5.41) is 2.53. The second-order valence-electron chi connectivity index (χ2n) is 7.93. The predicted octanol–water partition coefficient (Wildman–Crippen LogP) is 3.20. The average molecular weight is 403 g/mol. The quantitative estimate of drug-likeness (QED) is 0.780. The van der Waals surface area contributed by atoms with Gasteiger partial charge in [-0.3, -0.25) is 4.79 Å². The smallest absolute Gasteiger partial charge is 0.495 e. The van der Waals surface area contributed by atoms with Crippen molar-refractivity contribution in [3.05, 3.63) is 59.2 Å². The van der Waals surface area contributed by atoms with Gasteiger partial charge in [-0.2, -0.15) is 0 Å². The molecule has 2 aromatic carbocycles. The molecule has 8 heteroatoms. The Kier molecular flexibility index (Phi) is 5.69. The zero-order chi connectivity index (χ0) is 21.4. The normalized spacial score (nSPS) is 17.3. The summed E-state index contributed by atoms with van der Waals surface area (Å²) in [4.78, 5) is 12.4. The van der Waals surface area contributed by atoms with Gasteiger partial charge in [-0.15, -0.1) is 0 Å². The second kappa shape index (κ2) is 7.76. The summed E-state index contributed by atoms with van der Waals surface area (Å²) in [6.45, 7) is 7.14. The minimum atomic E-state index is -0.874. The van der Waals surface area contributed by atoms with E-state index in [0.717, 1.165) is 0 Å². The third-order valence-corrected chi connectivity index (χ3v) is 5.47. The number of ether oxygens (including phenoxy) is 1. The first-order chi connectivity index (χ1) is 13.6. The Hall–Kier alpha value is -2.45. The number of halogens is 2. The molecule has 1 fully saturated rings. The molecular formula is C21H24BF2NO4. The van der Waals surface area contributed by atoms with Gasteiger partial charge in [0, 0.05) is 12.1 Å². The van der Waals surface area contributed by atoms with Crippen LogP contribution in [-0.2, 0) is 15.9 Å². The van der Waals surface area contributed by atoms with Gasteiger partial charge < -0.3 is 19.4 Å². The van der Waals surface area contributed by atoms with Crippen molar-refractivity contribution in [2.24, 2.45) is 0 Å². The molecular weight excluding hydrogens is 379 g/mol. The van der Waals surface area contributed by atoms with E-state index >= 15 is 0 Å². The van der Waals surface area contributed by atoms with Crippen molar-refractivity contribution in [1.29, 1.82) is 0 Å². The van der Waals surface area contributed by atoms with Crippen LogP contribution < -0.4 is 15.5 Å². The molecule has 0 saturated carbocycles. The molecule has 1 saturated heterocycles. The Balaban J connectivity index is 1.76. The van der Waals surface area contributed by atoms with Gasteiger partial charge in [0.2, 0.25) is 0 Å². The number of hydrogen-bond acceptors (Lipinski definition) is 4. The number of para-hydroxylation sites is 1. The predicted molar refractivity (Wildman–Crippen MR) is 106 cm³/mol. The summed E-state index contributed by atoms with van der Waals surface area (Å²) >= 11 is 0. The van der Waals surface area contributed by atoms with Crippen molar-refractivity contribution in [2.45, 2.75) is 45.4 Å². The van der Waals surface area contributed by atoms with Gasteiger partial charge in [0.15, 0.2) is 0 Å². The van der Waals surface area contributed by atoms with Crippen molar-refractivity contribution in [1.82, 2.24) is 5.32 Å². The maximum atomic E-state index is 14.6. The van der Waals surface area contributed by atoms with Crippen LogP contribution in [0.15, 0.2) is 36.4 Å². The van der Waals surface area contributed by atoms with Gasteiger partial charge in [-0.1, -0.05) is 12.1 Å². The largest absolute Gasteiger partial charge is 0.496 e. The fourth-order valence-corrected chi connectivity index (χ4v) is 3.00. The van der Waals surface area contributed by atoms with Gasteiger partial charge in [0.25, 0.3) is 5.91 Å². The van der Waals surface area contributed by atoms with Gasteiger partial charge in [0.05, 0.1) is 23.9 Å². The van der Waals surface area contributed by atoms with E-state index < -0.39 is 35.9 Å². The van der Waals surface area contributed by atoms with E-state index in [0.29, 0.717) is 5.75 Å². The van der Waals surface area contributed by atoms with Gasteiger partial charge in [-0.25, -0.2) is 8.78 Å². The summed E-state index contributed by atoms with van der Waals surface area (Å²) in [6.07, 6.45) is 0. The summed E-state index contributed by atoms with van der Waals surface area (Å²) in [5.41, 5.74) is -0.950. The molecule has 1 aliphatic heterocycles. The van der Waals surface area contributed by atoms with Crippen LogP contribution in [0, 0.1) is 11.6 Å². The number of hydrogen-bond donors (Lipinski definition) is 1. The highest BCUT2D eigenvalue weighted by Gasteiger charge is 2.52. The van der Waals surface area contributed by atoms with E-state index in [1.165, 1.54) is 19.2 Å². The first-order valence-corrected chi connectivity index (χ1v) is 9.30.